The van der Waals surface area contributed by atoms with Crippen molar-refractivity contribution in [1.29, 1.82) is 0 Å². The lowest BCUT2D eigenvalue weighted by atomic mass is 9.89. The van der Waals surface area contributed by atoms with Crippen molar-refractivity contribution in [3.63, 3.8) is 0 Å². The Balaban J connectivity index is 1.16. The second-order valence-electron chi connectivity index (χ2n) is 10.2. The average molecular weight is 454 g/mol. The van der Waals surface area contributed by atoms with Crippen molar-refractivity contribution in [2.45, 2.75) is 69.9 Å². The van der Waals surface area contributed by atoms with Crippen molar-refractivity contribution < 1.29 is 23.9 Å². The molecule has 2 saturated heterocycles. The van der Waals surface area contributed by atoms with Gasteiger partial charge in [0, 0.05) is 44.3 Å². The van der Waals surface area contributed by atoms with E-state index in [0.717, 1.165) is 31.0 Å². The highest BCUT2D eigenvalue weighted by Gasteiger charge is 2.53. The van der Waals surface area contributed by atoms with Crippen LogP contribution in [-0.4, -0.2) is 71.5 Å². The zero-order chi connectivity index (χ0) is 22.7. The van der Waals surface area contributed by atoms with E-state index in [9.17, 15) is 14.4 Å². The van der Waals surface area contributed by atoms with E-state index in [2.05, 4.69) is 10.2 Å². The summed E-state index contributed by atoms with van der Waals surface area (Å²) in [4.78, 5) is 40.9. The van der Waals surface area contributed by atoms with Crippen LogP contribution in [0.4, 0.5) is 0 Å². The Morgan fingerprint density at radius 1 is 1.09 bits per heavy atom. The van der Waals surface area contributed by atoms with Crippen molar-refractivity contribution in [1.82, 2.24) is 15.1 Å². The summed E-state index contributed by atoms with van der Waals surface area (Å²) in [5.74, 6) is 1.28. The van der Waals surface area contributed by atoms with Gasteiger partial charge in [-0.2, -0.15) is 0 Å². The van der Waals surface area contributed by atoms with Gasteiger partial charge in [0.2, 0.25) is 11.8 Å². The van der Waals surface area contributed by atoms with Crippen LogP contribution in [0.2, 0.25) is 0 Å². The molecule has 0 aromatic heterocycles. The molecule has 176 valence electrons. The smallest absolute Gasteiger partial charge is 0.255 e. The van der Waals surface area contributed by atoms with Gasteiger partial charge in [0.25, 0.3) is 5.91 Å². The molecular formula is C25H31N3O5. The maximum atomic E-state index is 13.0. The first-order chi connectivity index (χ1) is 16.0. The van der Waals surface area contributed by atoms with Gasteiger partial charge in [0.05, 0.1) is 6.10 Å². The van der Waals surface area contributed by atoms with E-state index in [1.54, 1.807) is 4.90 Å². The van der Waals surface area contributed by atoms with E-state index in [-0.39, 0.29) is 30.2 Å². The third-order valence-corrected chi connectivity index (χ3v) is 8.27. The summed E-state index contributed by atoms with van der Waals surface area (Å²) in [6, 6.07) is 5.55. The fourth-order valence-electron chi connectivity index (χ4n) is 6.72. The molecule has 1 aromatic rings. The van der Waals surface area contributed by atoms with Crippen LogP contribution in [0, 0.1) is 11.8 Å². The molecule has 33 heavy (non-hydrogen) atoms. The number of carbonyl (C=O) groups is 3. The minimum absolute atomic E-state index is 0.147. The molecule has 5 aliphatic rings. The van der Waals surface area contributed by atoms with Crippen molar-refractivity contribution in [2.75, 3.05) is 19.7 Å². The number of benzene rings is 1. The SMILES string of the molecule is CCOC1CN([C@@H]2[C@@H]3CC[C@@H](C3)[C@H]2Oc2ccc3c(c2)CN(C2CCC(=O)NC2=O)C3=O)C1. The largest absolute Gasteiger partial charge is 0.488 e. The number of fused-ring (bicyclic) bond motifs is 3. The van der Waals surface area contributed by atoms with Crippen molar-refractivity contribution in [3.05, 3.63) is 29.3 Å². The summed E-state index contributed by atoms with van der Waals surface area (Å²) in [7, 11) is 0. The number of nitrogens with one attached hydrogen (secondary N) is 1. The van der Waals surface area contributed by atoms with Crippen LogP contribution in [0.3, 0.4) is 0 Å². The lowest BCUT2D eigenvalue weighted by Gasteiger charge is -2.47. The minimum Gasteiger partial charge on any atom is -0.488 e. The highest BCUT2D eigenvalue weighted by molar-refractivity contribution is 6.05. The van der Waals surface area contributed by atoms with Crippen LogP contribution in [0.15, 0.2) is 18.2 Å². The molecule has 3 heterocycles. The molecule has 1 aromatic carbocycles. The Labute approximate surface area is 193 Å². The summed E-state index contributed by atoms with van der Waals surface area (Å²) in [6.45, 7) is 5.16. The fraction of sp³-hybridized carbons (Fsp3) is 0.640. The van der Waals surface area contributed by atoms with Gasteiger partial charge >= 0.3 is 0 Å². The van der Waals surface area contributed by atoms with E-state index >= 15 is 0 Å². The van der Waals surface area contributed by atoms with E-state index in [1.165, 1.54) is 19.3 Å². The first-order valence-corrected chi connectivity index (χ1v) is 12.3. The zero-order valence-corrected chi connectivity index (χ0v) is 19.0. The molecule has 1 unspecified atom stereocenters. The number of piperidine rings is 1. The molecule has 2 saturated carbocycles. The molecule has 8 nitrogen and oxygen atoms in total. The quantitative estimate of drug-likeness (QED) is 0.660. The fourth-order valence-corrected chi connectivity index (χ4v) is 6.72. The minimum atomic E-state index is -0.591. The summed E-state index contributed by atoms with van der Waals surface area (Å²) in [6.07, 6.45) is 4.90. The van der Waals surface area contributed by atoms with Gasteiger partial charge in [-0.25, -0.2) is 0 Å². The van der Waals surface area contributed by atoms with Gasteiger partial charge < -0.3 is 14.4 Å². The predicted octanol–water partition coefficient (Wildman–Crippen LogP) is 1.71. The summed E-state index contributed by atoms with van der Waals surface area (Å²) in [5, 5.41) is 2.36. The molecule has 1 N–H and O–H groups in total. The first-order valence-electron chi connectivity index (χ1n) is 12.3. The van der Waals surface area contributed by atoms with Crippen molar-refractivity contribution in [2.24, 2.45) is 11.8 Å². The number of imide groups is 1. The molecule has 2 bridgehead atoms. The Morgan fingerprint density at radius 3 is 2.70 bits per heavy atom. The van der Waals surface area contributed by atoms with Gasteiger partial charge in [-0.3, -0.25) is 24.6 Å². The van der Waals surface area contributed by atoms with Gasteiger partial charge in [-0.1, -0.05) is 0 Å². The van der Waals surface area contributed by atoms with Gasteiger partial charge in [-0.15, -0.1) is 0 Å². The third kappa shape index (κ3) is 3.54. The number of nitrogens with zero attached hydrogens (tertiary/aromatic N) is 2. The Kier molecular flexibility index (Phi) is 5.18. The number of likely N-dealkylation sites (tertiary alicyclic amines) is 1. The molecule has 5 atom stereocenters. The summed E-state index contributed by atoms with van der Waals surface area (Å²) < 4.78 is 12.4. The molecule has 6 rings (SSSR count). The Bertz CT molecular complexity index is 990. The average Bonchev–Trinajstić information content (AvgIpc) is 3.45. The molecule has 3 amide bonds. The monoisotopic (exact) mass is 453 g/mol. The number of hydrogen-bond acceptors (Lipinski definition) is 6. The number of carbonyl (C=O) groups excluding carboxylic acids is 3. The second kappa shape index (κ2) is 8.09. The molecular weight excluding hydrogens is 422 g/mol. The molecule has 2 aliphatic carbocycles. The lowest BCUT2D eigenvalue weighted by molar-refractivity contribution is -0.136. The maximum absolute atomic E-state index is 13.0. The van der Waals surface area contributed by atoms with Crippen LogP contribution in [0.5, 0.6) is 5.75 Å². The van der Waals surface area contributed by atoms with Crippen LogP contribution >= 0.6 is 0 Å². The van der Waals surface area contributed by atoms with Crippen molar-refractivity contribution >= 4 is 17.7 Å². The topological polar surface area (TPSA) is 88.2 Å². The number of amides is 3. The summed E-state index contributed by atoms with van der Waals surface area (Å²) in [5.41, 5.74) is 1.51. The Hall–Kier alpha value is -2.45. The van der Waals surface area contributed by atoms with Crippen molar-refractivity contribution in [3.8, 4) is 5.75 Å². The highest BCUT2D eigenvalue weighted by atomic mass is 16.5. The number of ether oxygens (including phenoxy) is 2. The first kappa shape index (κ1) is 21.1. The molecule has 3 aliphatic heterocycles. The van der Waals surface area contributed by atoms with Crippen LogP contribution in [0.1, 0.15) is 54.9 Å². The summed E-state index contributed by atoms with van der Waals surface area (Å²) >= 11 is 0. The normalized spacial score (nSPS) is 33.9. The van der Waals surface area contributed by atoms with Gasteiger partial charge in [0.1, 0.15) is 17.9 Å². The highest BCUT2D eigenvalue weighted by Crippen LogP contribution is 2.49. The van der Waals surface area contributed by atoms with Crippen LogP contribution in [-0.2, 0) is 20.9 Å². The molecule has 4 fully saturated rings. The maximum Gasteiger partial charge on any atom is 0.255 e. The van der Waals surface area contributed by atoms with Gasteiger partial charge in [0.15, 0.2) is 0 Å². The molecule has 0 radical (unpaired) electrons. The Morgan fingerprint density at radius 2 is 1.91 bits per heavy atom. The third-order valence-electron chi connectivity index (χ3n) is 8.27. The predicted molar refractivity (Wildman–Crippen MR) is 119 cm³/mol. The van der Waals surface area contributed by atoms with E-state index < -0.39 is 6.04 Å². The molecule has 8 heteroatoms. The van der Waals surface area contributed by atoms with Gasteiger partial charge in [-0.05, 0) is 68.2 Å². The number of rotatable bonds is 6. The molecule has 0 spiro atoms. The zero-order valence-electron chi connectivity index (χ0n) is 19.0. The van der Waals surface area contributed by atoms with Crippen LogP contribution in [0.25, 0.3) is 0 Å². The second-order valence-corrected chi connectivity index (χ2v) is 10.2. The number of hydrogen-bond donors (Lipinski definition) is 1. The van der Waals surface area contributed by atoms with E-state index in [1.807, 2.05) is 25.1 Å². The van der Waals surface area contributed by atoms with E-state index in [0.29, 0.717) is 42.5 Å². The van der Waals surface area contributed by atoms with E-state index in [4.69, 9.17) is 9.47 Å². The standard InChI is InChI=1S/C25H31N3O5/c1-2-32-18-12-27(13-18)22-14-3-4-15(9-14)23(22)33-17-5-6-19-16(10-17)11-28(25(19)31)20-7-8-21(29)26-24(20)30/h5-6,10,14-15,18,20,22-23H,2-4,7-9,11-13H2,1H3,(H,26,29,30)/t14-,15+,20?,22-,23-/m1/s1. The lowest BCUT2D eigenvalue weighted by Crippen LogP contribution is -2.61. The van der Waals surface area contributed by atoms with Crippen LogP contribution < -0.4 is 10.1 Å².